The maximum atomic E-state index is 13.0. The summed E-state index contributed by atoms with van der Waals surface area (Å²) in [7, 11) is 0. The Bertz CT molecular complexity index is 944. The molecule has 1 aliphatic heterocycles. The molecule has 6 heteroatoms. The van der Waals surface area contributed by atoms with Crippen molar-refractivity contribution < 1.29 is 9.32 Å². The van der Waals surface area contributed by atoms with Crippen LogP contribution in [0.3, 0.4) is 0 Å². The summed E-state index contributed by atoms with van der Waals surface area (Å²) in [5, 5.41) is 7.78. The maximum absolute atomic E-state index is 13.0. The summed E-state index contributed by atoms with van der Waals surface area (Å²) >= 11 is 0. The molecule has 0 bridgehead atoms. The molecule has 4 rings (SSSR count). The van der Waals surface area contributed by atoms with Crippen LogP contribution in [-0.4, -0.2) is 47.1 Å². The molecule has 28 heavy (non-hydrogen) atoms. The number of likely N-dealkylation sites (tertiary alicyclic amines) is 1. The summed E-state index contributed by atoms with van der Waals surface area (Å²) in [4.78, 5) is 20.0. The third-order valence-electron chi connectivity index (χ3n) is 5.34. The molecule has 146 valence electrons. The summed E-state index contributed by atoms with van der Waals surface area (Å²) in [6, 6.07) is 11.6. The number of benzene rings is 1. The second-order valence-electron chi connectivity index (χ2n) is 7.38. The Morgan fingerprint density at radius 3 is 2.64 bits per heavy atom. The second kappa shape index (κ2) is 8.52. The van der Waals surface area contributed by atoms with E-state index in [0.29, 0.717) is 34.6 Å². The van der Waals surface area contributed by atoms with E-state index in [9.17, 15) is 4.79 Å². The third kappa shape index (κ3) is 4.07. The van der Waals surface area contributed by atoms with Gasteiger partial charge in [-0.05, 0) is 38.9 Å². The lowest BCUT2D eigenvalue weighted by atomic mass is 10.1. The van der Waals surface area contributed by atoms with E-state index >= 15 is 0 Å². The second-order valence-corrected chi connectivity index (χ2v) is 7.38. The van der Waals surface area contributed by atoms with Gasteiger partial charge in [0.05, 0.1) is 22.3 Å². The van der Waals surface area contributed by atoms with Gasteiger partial charge in [-0.1, -0.05) is 48.3 Å². The average molecular weight is 378 g/mol. The highest BCUT2D eigenvalue weighted by Crippen LogP contribution is 2.26. The predicted octanol–water partition coefficient (Wildman–Crippen LogP) is 3.80. The number of aryl methyl sites for hydroxylation is 1. The van der Waals surface area contributed by atoms with Crippen LogP contribution < -0.4 is 5.32 Å². The summed E-state index contributed by atoms with van der Waals surface area (Å²) in [5.41, 5.74) is 3.30. The Hall–Kier alpha value is -2.73. The van der Waals surface area contributed by atoms with Gasteiger partial charge in [0, 0.05) is 18.7 Å². The van der Waals surface area contributed by atoms with Crippen LogP contribution in [-0.2, 0) is 0 Å². The Balaban J connectivity index is 1.54. The van der Waals surface area contributed by atoms with Gasteiger partial charge in [-0.15, -0.1) is 0 Å². The topological polar surface area (TPSA) is 71.3 Å². The zero-order valence-electron chi connectivity index (χ0n) is 16.3. The minimum absolute atomic E-state index is 0.106. The van der Waals surface area contributed by atoms with E-state index < -0.39 is 0 Å². The van der Waals surface area contributed by atoms with Crippen LogP contribution in [0.15, 0.2) is 40.9 Å². The molecule has 2 aromatic heterocycles. The molecule has 0 saturated carbocycles. The molecule has 3 aromatic rings. The van der Waals surface area contributed by atoms with Crippen molar-refractivity contribution in [3.8, 4) is 11.3 Å². The highest BCUT2D eigenvalue weighted by Gasteiger charge is 2.19. The van der Waals surface area contributed by atoms with E-state index in [1.54, 1.807) is 0 Å². The molecule has 0 radical (unpaired) electrons. The van der Waals surface area contributed by atoms with E-state index in [-0.39, 0.29) is 5.91 Å². The number of nitrogens with zero attached hydrogens (tertiary/aromatic N) is 3. The van der Waals surface area contributed by atoms with Gasteiger partial charge in [0.25, 0.3) is 11.6 Å². The molecule has 1 N–H and O–H groups in total. The highest BCUT2D eigenvalue weighted by atomic mass is 16.5. The van der Waals surface area contributed by atoms with Crippen LogP contribution >= 0.6 is 0 Å². The molecule has 3 heterocycles. The molecule has 1 aromatic carbocycles. The SMILES string of the molecule is Cc1noc2nc(-c3ccccc3)cc(C(=O)NCCN3CCCCCC3)c12. The number of rotatable bonds is 5. The summed E-state index contributed by atoms with van der Waals surface area (Å²) in [6.45, 7) is 5.60. The molecule has 1 aliphatic rings. The smallest absolute Gasteiger partial charge is 0.259 e. The van der Waals surface area contributed by atoms with Gasteiger partial charge in [-0.3, -0.25) is 4.79 Å². The fourth-order valence-electron chi connectivity index (χ4n) is 3.81. The normalized spacial score (nSPS) is 15.5. The van der Waals surface area contributed by atoms with E-state index in [1.165, 1.54) is 25.7 Å². The molecular weight excluding hydrogens is 352 g/mol. The van der Waals surface area contributed by atoms with Gasteiger partial charge in [0.1, 0.15) is 0 Å². The molecule has 6 nitrogen and oxygen atoms in total. The zero-order chi connectivity index (χ0) is 19.3. The van der Waals surface area contributed by atoms with Crippen molar-refractivity contribution in [2.75, 3.05) is 26.2 Å². The first kappa shape index (κ1) is 18.6. The van der Waals surface area contributed by atoms with Crippen LogP contribution in [0.1, 0.15) is 41.7 Å². The Morgan fingerprint density at radius 2 is 1.89 bits per heavy atom. The fourth-order valence-corrected chi connectivity index (χ4v) is 3.81. The minimum Gasteiger partial charge on any atom is -0.351 e. The molecular formula is C22H26N4O2. The van der Waals surface area contributed by atoms with Crippen molar-refractivity contribution in [2.45, 2.75) is 32.6 Å². The van der Waals surface area contributed by atoms with Crippen LogP contribution in [0.5, 0.6) is 0 Å². The Kier molecular flexibility index (Phi) is 5.67. The Labute approximate surface area is 164 Å². The number of hydrogen-bond donors (Lipinski definition) is 1. The number of amides is 1. The fraction of sp³-hybridized carbons (Fsp3) is 0.409. The zero-order valence-corrected chi connectivity index (χ0v) is 16.3. The number of pyridine rings is 1. The van der Waals surface area contributed by atoms with Gasteiger partial charge < -0.3 is 14.7 Å². The first-order chi connectivity index (χ1) is 13.7. The molecule has 0 aliphatic carbocycles. The summed E-state index contributed by atoms with van der Waals surface area (Å²) in [5.74, 6) is -0.106. The molecule has 0 spiro atoms. The van der Waals surface area contributed by atoms with Gasteiger partial charge in [0.15, 0.2) is 0 Å². The van der Waals surface area contributed by atoms with Gasteiger partial charge in [-0.2, -0.15) is 0 Å². The minimum atomic E-state index is -0.106. The average Bonchev–Trinajstić information content (AvgIpc) is 2.92. The van der Waals surface area contributed by atoms with Crippen LogP contribution in [0.2, 0.25) is 0 Å². The third-order valence-corrected chi connectivity index (χ3v) is 5.34. The standard InChI is InChI=1S/C22H26N4O2/c1-16-20-18(21(27)23-11-14-26-12-7-2-3-8-13-26)15-19(24-22(20)28-25-16)17-9-5-4-6-10-17/h4-6,9-10,15H,2-3,7-8,11-14H2,1H3,(H,23,27). The van der Waals surface area contributed by atoms with E-state index in [0.717, 1.165) is 25.2 Å². The molecule has 1 fully saturated rings. The number of carbonyl (C=O) groups is 1. The van der Waals surface area contributed by atoms with Crippen LogP contribution in [0.4, 0.5) is 0 Å². The van der Waals surface area contributed by atoms with Crippen molar-refractivity contribution in [2.24, 2.45) is 0 Å². The summed E-state index contributed by atoms with van der Waals surface area (Å²) in [6.07, 6.45) is 5.12. The van der Waals surface area contributed by atoms with Crippen LogP contribution in [0, 0.1) is 6.92 Å². The number of fused-ring (bicyclic) bond motifs is 1. The van der Waals surface area contributed by atoms with E-state index in [2.05, 4.69) is 20.4 Å². The molecule has 1 amide bonds. The summed E-state index contributed by atoms with van der Waals surface area (Å²) < 4.78 is 5.37. The largest absolute Gasteiger partial charge is 0.351 e. The lowest BCUT2D eigenvalue weighted by Gasteiger charge is -2.19. The first-order valence-electron chi connectivity index (χ1n) is 10.1. The van der Waals surface area contributed by atoms with Crippen molar-refractivity contribution in [1.29, 1.82) is 0 Å². The first-order valence-corrected chi connectivity index (χ1v) is 10.1. The van der Waals surface area contributed by atoms with Gasteiger partial charge in [0.2, 0.25) is 0 Å². The van der Waals surface area contributed by atoms with Gasteiger partial charge in [-0.25, -0.2) is 4.98 Å². The van der Waals surface area contributed by atoms with Crippen LogP contribution in [0.25, 0.3) is 22.4 Å². The highest BCUT2D eigenvalue weighted by molar-refractivity contribution is 6.06. The monoisotopic (exact) mass is 378 g/mol. The van der Waals surface area contributed by atoms with Crippen molar-refractivity contribution in [3.05, 3.63) is 47.7 Å². The van der Waals surface area contributed by atoms with Gasteiger partial charge >= 0.3 is 0 Å². The predicted molar refractivity (Wildman–Crippen MR) is 109 cm³/mol. The van der Waals surface area contributed by atoms with E-state index in [1.807, 2.05) is 43.3 Å². The lowest BCUT2D eigenvalue weighted by molar-refractivity contribution is 0.0950. The van der Waals surface area contributed by atoms with Crippen molar-refractivity contribution >= 4 is 17.0 Å². The molecule has 1 saturated heterocycles. The van der Waals surface area contributed by atoms with Crippen molar-refractivity contribution in [3.63, 3.8) is 0 Å². The van der Waals surface area contributed by atoms with Crippen molar-refractivity contribution in [1.82, 2.24) is 20.4 Å². The molecule has 0 atom stereocenters. The number of carbonyl (C=O) groups excluding carboxylic acids is 1. The number of hydrogen-bond acceptors (Lipinski definition) is 5. The van der Waals surface area contributed by atoms with E-state index in [4.69, 9.17) is 4.52 Å². The molecule has 0 unspecified atom stereocenters. The number of nitrogens with one attached hydrogen (secondary N) is 1. The number of aromatic nitrogens is 2. The Morgan fingerprint density at radius 1 is 1.14 bits per heavy atom. The quantitative estimate of drug-likeness (QED) is 0.731. The maximum Gasteiger partial charge on any atom is 0.259 e. The lowest BCUT2D eigenvalue weighted by Crippen LogP contribution is -2.35.